The van der Waals surface area contributed by atoms with Crippen molar-refractivity contribution in [3.8, 4) is 0 Å². The predicted octanol–water partition coefficient (Wildman–Crippen LogP) is 5.31. The van der Waals surface area contributed by atoms with E-state index in [1.54, 1.807) is 0 Å². The third-order valence-electron chi connectivity index (χ3n) is 3.38. The van der Waals surface area contributed by atoms with E-state index < -0.39 is 0 Å². The first-order valence-corrected chi connectivity index (χ1v) is 13.9. The third kappa shape index (κ3) is 4.21. The van der Waals surface area contributed by atoms with Crippen molar-refractivity contribution in [3.63, 3.8) is 0 Å². The van der Waals surface area contributed by atoms with E-state index in [1.165, 1.54) is 33.4 Å². The zero-order valence-corrected chi connectivity index (χ0v) is 15.9. The second kappa shape index (κ2) is 7.56. The topological polar surface area (TPSA) is 0 Å². The minimum absolute atomic E-state index is 0.628. The van der Waals surface area contributed by atoms with Crippen LogP contribution < -0.4 is 0 Å². The summed E-state index contributed by atoms with van der Waals surface area (Å²) >= 11 is 4.74. The summed E-state index contributed by atoms with van der Waals surface area (Å²) in [5.74, 6) is 0. The molecule has 0 atom stereocenters. The predicted molar refractivity (Wildman–Crippen MR) is 82.9 cm³/mol. The molecular weight excluding hydrogens is 449 g/mol. The number of hydrogen-bond acceptors (Lipinski definition) is 0. The van der Waals surface area contributed by atoms with E-state index in [-0.39, 0.29) is 0 Å². The molecule has 1 rings (SSSR count). The molecule has 85 valence electrons. The molecule has 0 nitrogen and oxygen atoms in total. The Morgan fingerprint density at radius 2 is 0.600 bits per heavy atom. The molecule has 0 heterocycles. The van der Waals surface area contributed by atoms with Crippen LogP contribution in [0.2, 0.25) is 0 Å². The molecule has 1 aromatic rings. The van der Waals surface area contributed by atoms with Crippen molar-refractivity contribution in [1.29, 1.82) is 0 Å². The number of benzene rings is 1. The normalized spacial score (nSPS) is 9.33. The number of hydrogen-bond donors (Lipinski definition) is 0. The molecule has 0 saturated heterocycles. The van der Waals surface area contributed by atoms with Gasteiger partial charge in [0.1, 0.15) is 0 Å². The summed E-state index contributed by atoms with van der Waals surface area (Å²) < 4.78 is 0. The van der Waals surface area contributed by atoms with Crippen LogP contribution in [-0.4, -0.2) is 0 Å². The summed E-state index contributed by atoms with van der Waals surface area (Å²) in [6, 6.07) is 0. The summed E-state index contributed by atoms with van der Waals surface area (Å²) in [7, 11) is 0.628. The first-order chi connectivity index (χ1) is 6.88. The van der Waals surface area contributed by atoms with E-state index in [1.807, 2.05) is 0 Å². The van der Waals surface area contributed by atoms with Gasteiger partial charge in [-0.2, -0.15) is 0 Å². The van der Waals surface area contributed by atoms with Gasteiger partial charge in [-0.25, -0.2) is 0 Å². The molecule has 15 heavy (non-hydrogen) atoms. The van der Waals surface area contributed by atoms with Crippen molar-refractivity contribution < 1.29 is 9.47 Å². The van der Waals surface area contributed by atoms with Crippen molar-refractivity contribution in [2.24, 2.45) is 0 Å². The maximum atomic E-state index is 2.37. The fourth-order valence-electron chi connectivity index (χ4n) is 1.69. The van der Waals surface area contributed by atoms with E-state index in [0.717, 1.165) is 0 Å². The van der Waals surface area contributed by atoms with Crippen LogP contribution in [0.4, 0.5) is 0 Å². The van der Waals surface area contributed by atoms with Gasteiger partial charge in [-0.1, -0.05) is 0 Å². The summed E-state index contributed by atoms with van der Waals surface area (Å²) in [4.78, 5) is 0. The Hall–Kier alpha value is 1.26. The van der Waals surface area contributed by atoms with Gasteiger partial charge in [-0.15, -0.1) is 0 Å². The molecule has 0 unspecified atom stereocenters. The van der Waals surface area contributed by atoms with Crippen LogP contribution in [0, 0.1) is 41.5 Å². The first-order valence-electron chi connectivity index (χ1n) is 4.84. The summed E-state index contributed by atoms with van der Waals surface area (Å²) in [5, 5.41) is 0. The molecule has 0 aromatic heterocycles. The van der Waals surface area contributed by atoms with Crippen LogP contribution in [0.25, 0.3) is 0 Å². The van der Waals surface area contributed by atoms with Crippen molar-refractivity contribution >= 4 is 40.0 Å². The van der Waals surface area contributed by atoms with E-state index in [2.05, 4.69) is 81.5 Å². The molecule has 0 amide bonds. The van der Waals surface area contributed by atoms with Crippen LogP contribution >= 0.6 is 40.0 Å². The standard InChI is InChI=1S/C12H18.2HI.V/c1-7-8(2)10(4)12(6)11(5)9(7)3;;;/h1-6H3;2*1H;/q;;;+2/p-2. The zero-order valence-electron chi connectivity index (χ0n) is 10.2. The second-order valence-electron chi connectivity index (χ2n) is 3.81. The first kappa shape index (κ1) is 16.3. The Morgan fingerprint density at radius 1 is 0.533 bits per heavy atom. The van der Waals surface area contributed by atoms with Crippen molar-refractivity contribution in [2.75, 3.05) is 0 Å². The summed E-state index contributed by atoms with van der Waals surface area (Å²) in [6.45, 7) is 13.3. The van der Waals surface area contributed by atoms with Crippen molar-refractivity contribution in [1.82, 2.24) is 0 Å². The van der Waals surface area contributed by atoms with Crippen LogP contribution in [0.5, 0.6) is 0 Å². The van der Waals surface area contributed by atoms with Crippen molar-refractivity contribution in [2.45, 2.75) is 41.5 Å². The van der Waals surface area contributed by atoms with E-state index >= 15 is 0 Å². The van der Waals surface area contributed by atoms with Gasteiger partial charge in [0.2, 0.25) is 0 Å². The molecule has 0 aliphatic heterocycles. The van der Waals surface area contributed by atoms with Crippen LogP contribution in [0.1, 0.15) is 33.4 Å². The quantitative estimate of drug-likeness (QED) is 0.455. The number of halogens is 2. The second-order valence-corrected chi connectivity index (χ2v) is 15.6. The van der Waals surface area contributed by atoms with Gasteiger partial charge in [0.05, 0.1) is 0 Å². The van der Waals surface area contributed by atoms with Gasteiger partial charge < -0.3 is 0 Å². The minimum atomic E-state index is 0.628. The summed E-state index contributed by atoms with van der Waals surface area (Å²) in [6.07, 6.45) is 0. The molecule has 0 saturated carbocycles. The molecule has 0 radical (unpaired) electrons. The third-order valence-corrected chi connectivity index (χ3v) is 3.38. The SMILES string of the molecule is Cc1c(C)c(C)c(C)c(C)c1C.[I][V][I]. The Kier molecular flexibility index (Phi) is 8.20. The fourth-order valence-corrected chi connectivity index (χ4v) is 1.69. The molecule has 0 aliphatic carbocycles. The summed E-state index contributed by atoms with van der Waals surface area (Å²) in [5.41, 5.74) is 8.73. The average molecular weight is 467 g/mol. The van der Waals surface area contributed by atoms with Gasteiger partial charge in [-0.3, -0.25) is 0 Å². The molecular formula is C12H18I2V. The van der Waals surface area contributed by atoms with Gasteiger partial charge in [0.25, 0.3) is 0 Å². The van der Waals surface area contributed by atoms with Crippen molar-refractivity contribution in [3.05, 3.63) is 33.4 Å². The van der Waals surface area contributed by atoms with E-state index in [9.17, 15) is 0 Å². The van der Waals surface area contributed by atoms with Gasteiger partial charge in [0.15, 0.2) is 0 Å². The van der Waals surface area contributed by atoms with Gasteiger partial charge in [-0.05, 0) is 74.9 Å². The molecule has 0 N–H and O–H groups in total. The number of rotatable bonds is 0. The molecule has 0 fully saturated rings. The van der Waals surface area contributed by atoms with Gasteiger partial charge >= 0.3 is 49.4 Å². The Labute approximate surface area is 123 Å². The monoisotopic (exact) mass is 467 g/mol. The van der Waals surface area contributed by atoms with E-state index in [4.69, 9.17) is 0 Å². The van der Waals surface area contributed by atoms with E-state index in [0.29, 0.717) is 9.47 Å². The maximum absolute atomic E-state index is 2.37. The molecule has 0 aliphatic rings. The average Bonchev–Trinajstić information content (AvgIpc) is 2.22. The Balaban J connectivity index is 0.000000583. The zero-order chi connectivity index (χ0) is 12.2. The Morgan fingerprint density at radius 3 is 0.667 bits per heavy atom. The van der Waals surface area contributed by atoms with Gasteiger partial charge in [0, 0.05) is 0 Å². The molecule has 0 bridgehead atoms. The Bertz CT molecular complexity index is 241. The molecule has 1 aromatic carbocycles. The molecule has 3 heteroatoms. The molecule has 0 spiro atoms. The van der Waals surface area contributed by atoms with Crippen LogP contribution in [0.3, 0.4) is 0 Å². The van der Waals surface area contributed by atoms with Crippen LogP contribution in [0.15, 0.2) is 0 Å². The fraction of sp³-hybridized carbons (Fsp3) is 0.500. The van der Waals surface area contributed by atoms with Crippen LogP contribution in [-0.2, 0) is 9.47 Å².